The van der Waals surface area contributed by atoms with E-state index < -0.39 is 26.0 Å². The summed E-state index contributed by atoms with van der Waals surface area (Å²) >= 11 is 0.906. The van der Waals surface area contributed by atoms with Crippen LogP contribution in [-0.4, -0.2) is 51.8 Å². The molecule has 0 N–H and O–H groups in total. The Bertz CT molecular complexity index is 1460. The molecule has 13 nitrogen and oxygen atoms in total. The normalized spacial score (nSPS) is 11.7. The van der Waals surface area contributed by atoms with E-state index >= 15 is 0 Å². The van der Waals surface area contributed by atoms with Crippen LogP contribution in [0.25, 0.3) is 15.8 Å². The molecular formula is C16H13N7O6S2. The van der Waals surface area contributed by atoms with Crippen molar-refractivity contribution in [3.8, 4) is 5.69 Å². The predicted molar refractivity (Wildman–Crippen MR) is 109 cm³/mol. The molecule has 0 unspecified atom stereocenters. The van der Waals surface area contributed by atoms with E-state index in [1.807, 2.05) is 0 Å². The van der Waals surface area contributed by atoms with Gasteiger partial charge in [-0.1, -0.05) is 21.7 Å². The van der Waals surface area contributed by atoms with Gasteiger partial charge in [-0.2, -0.15) is 4.98 Å². The Balaban J connectivity index is 1.73. The molecule has 4 rings (SSSR count). The van der Waals surface area contributed by atoms with Crippen molar-refractivity contribution in [1.82, 2.24) is 25.1 Å². The summed E-state index contributed by atoms with van der Waals surface area (Å²) in [5, 5.41) is 23.2. The Hall–Kier alpha value is -3.72. The van der Waals surface area contributed by atoms with Gasteiger partial charge < -0.3 is 9.42 Å². The van der Waals surface area contributed by atoms with Crippen LogP contribution in [0.15, 0.2) is 45.0 Å². The maximum atomic E-state index is 12.6. The average molecular weight is 463 g/mol. The van der Waals surface area contributed by atoms with Crippen molar-refractivity contribution in [1.29, 1.82) is 0 Å². The lowest BCUT2D eigenvalue weighted by atomic mass is 10.2. The van der Waals surface area contributed by atoms with E-state index in [-0.39, 0.29) is 26.7 Å². The Morgan fingerprint density at radius 3 is 2.77 bits per heavy atom. The summed E-state index contributed by atoms with van der Waals surface area (Å²) < 4.78 is 30.0. The molecule has 0 bridgehead atoms. The van der Waals surface area contributed by atoms with Crippen molar-refractivity contribution in [2.75, 3.05) is 18.2 Å². The standard InChI is InChI=1S/C16H13N7O6S2/c1-21(6-9-7-22(20-19-9)10-5-17-29-8-10)16-18-15(24)12-3-11(31(2,27)28)4-13(23(25)26)14(12)30-16/h3-5,7-8H,6H2,1-2H3. The average Bonchev–Trinajstić information content (AvgIpc) is 3.38. The highest BCUT2D eigenvalue weighted by Crippen LogP contribution is 2.34. The monoisotopic (exact) mass is 463 g/mol. The van der Waals surface area contributed by atoms with Crippen LogP contribution in [0.4, 0.5) is 10.8 Å². The van der Waals surface area contributed by atoms with Crippen LogP contribution in [0.5, 0.6) is 0 Å². The zero-order valence-electron chi connectivity index (χ0n) is 16.0. The van der Waals surface area contributed by atoms with E-state index in [0.717, 1.165) is 29.7 Å². The Labute approximate surface area is 177 Å². The number of aromatic nitrogens is 5. The maximum Gasteiger partial charge on any atom is 0.288 e. The second-order valence-corrected chi connectivity index (χ2v) is 9.54. The third kappa shape index (κ3) is 3.99. The van der Waals surface area contributed by atoms with Crippen molar-refractivity contribution < 1.29 is 17.9 Å². The highest BCUT2D eigenvalue weighted by molar-refractivity contribution is 7.90. The topological polar surface area (TPSA) is 167 Å². The summed E-state index contributed by atoms with van der Waals surface area (Å²) in [6, 6.07) is 2.06. The van der Waals surface area contributed by atoms with Crippen LogP contribution in [-0.2, 0) is 16.4 Å². The van der Waals surface area contributed by atoms with Gasteiger partial charge in [-0.15, -0.1) is 5.10 Å². The van der Waals surface area contributed by atoms with Gasteiger partial charge in [-0.05, 0) is 6.07 Å². The van der Waals surface area contributed by atoms with E-state index in [0.29, 0.717) is 11.4 Å². The zero-order chi connectivity index (χ0) is 22.3. The first-order valence-corrected chi connectivity index (χ1v) is 11.2. The zero-order valence-corrected chi connectivity index (χ0v) is 17.6. The number of hydrogen-bond donors (Lipinski definition) is 0. The molecule has 0 atom stereocenters. The van der Waals surface area contributed by atoms with Gasteiger partial charge in [0.15, 0.2) is 15.0 Å². The lowest BCUT2D eigenvalue weighted by molar-refractivity contribution is -0.383. The Kier molecular flexibility index (Phi) is 4.98. The summed E-state index contributed by atoms with van der Waals surface area (Å²) in [5.74, 6) is 0. The SMILES string of the molecule is CN(Cc1cn(-c2cnoc2)nn1)c1nc(=O)c2cc(S(C)(=O)=O)cc([N+](=O)[O-])c2s1. The molecule has 3 aromatic heterocycles. The van der Waals surface area contributed by atoms with E-state index in [9.17, 15) is 23.3 Å². The minimum Gasteiger partial charge on any atom is -0.362 e. The summed E-state index contributed by atoms with van der Waals surface area (Å²) in [6.45, 7) is 0.203. The summed E-state index contributed by atoms with van der Waals surface area (Å²) in [5.41, 5.74) is -0.132. The number of fused-ring (bicyclic) bond motifs is 1. The third-order valence-electron chi connectivity index (χ3n) is 4.24. The van der Waals surface area contributed by atoms with Crippen LogP contribution < -0.4 is 10.5 Å². The maximum absolute atomic E-state index is 12.6. The Morgan fingerprint density at radius 1 is 1.35 bits per heavy atom. The predicted octanol–water partition coefficient (Wildman–Crippen LogP) is 1.17. The lowest BCUT2D eigenvalue weighted by Gasteiger charge is -2.15. The van der Waals surface area contributed by atoms with Crippen LogP contribution >= 0.6 is 11.3 Å². The first-order chi connectivity index (χ1) is 14.6. The number of benzene rings is 1. The molecule has 3 heterocycles. The molecule has 160 valence electrons. The smallest absolute Gasteiger partial charge is 0.288 e. The number of nitrogens with zero attached hydrogens (tertiary/aromatic N) is 7. The van der Waals surface area contributed by atoms with Gasteiger partial charge in [0.1, 0.15) is 22.3 Å². The third-order valence-corrected chi connectivity index (χ3v) is 6.55. The number of sulfone groups is 1. The van der Waals surface area contributed by atoms with Crippen molar-refractivity contribution in [2.24, 2.45) is 0 Å². The van der Waals surface area contributed by atoms with E-state index in [2.05, 4.69) is 20.5 Å². The van der Waals surface area contributed by atoms with Gasteiger partial charge >= 0.3 is 0 Å². The van der Waals surface area contributed by atoms with Gasteiger partial charge in [-0.3, -0.25) is 14.9 Å². The van der Waals surface area contributed by atoms with Crippen molar-refractivity contribution in [3.63, 3.8) is 0 Å². The van der Waals surface area contributed by atoms with Crippen LogP contribution in [0.1, 0.15) is 5.69 Å². The second kappa shape index (κ2) is 7.51. The molecule has 4 aromatic rings. The largest absolute Gasteiger partial charge is 0.362 e. The van der Waals surface area contributed by atoms with Crippen LogP contribution in [0, 0.1) is 10.1 Å². The van der Waals surface area contributed by atoms with Crippen molar-refractivity contribution >= 4 is 42.1 Å². The molecule has 31 heavy (non-hydrogen) atoms. The molecule has 0 amide bonds. The highest BCUT2D eigenvalue weighted by atomic mass is 32.2. The fourth-order valence-electron chi connectivity index (χ4n) is 2.75. The summed E-state index contributed by atoms with van der Waals surface area (Å²) in [6.07, 6.45) is 5.40. The molecule has 0 saturated carbocycles. The fourth-order valence-corrected chi connectivity index (χ4v) is 4.43. The van der Waals surface area contributed by atoms with Crippen molar-refractivity contribution in [2.45, 2.75) is 11.4 Å². The molecule has 0 fully saturated rings. The van der Waals surface area contributed by atoms with Gasteiger partial charge in [0, 0.05) is 19.4 Å². The minimum atomic E-state index is -3.76. The van der Waals surface area contributed by atoms with E-state index in [1.165, 1.54) is 17.1 Å². The van der Waals surface area contributed by atoms with E-state index in [4.69, 9.17) is 4.52 Å². The first-order valence-electron chi connectivity index (χ1n) is 8.49. The summed E-state index contributed by atoms with van der Waals surface area (Å²) in [4.78, 5) is 28.6. The number of non-ortho nitro benzene ring substituents is 1. The Morgan fingerprint density at radius 2 is 2.13 bits per heavy atom. The van der Waals surface area contributed by atoms with Crippen LogP contribution in [0.3, 0.4) is 0 Å². The van der Waals surface area contributed by atoms with Crippen molar-refractivity contribution in [3.05, 3.63) is 57.0 Å². The number of nitro groups is 1. The number of hydrogen-bond acceptors (Lipinski definition) is 12. The molecule has 0 aliphatic heterocycles. The molecule has 0 spiro atoms. The molecule has 0 saturated heterocycles. The molecule has 0 aliphatic carbocycles. The quantitative estimate of drug-likeness (QED) is 0.297. The fraction of sp³-hybridized carbons (Fsp3) is 0.188. The number of nitro benzene ring substituents is 1. The van der Waals surface area contributed by atoms with Gasteiger partial charge in [0.05, 0.1) is 34.1 Å². The van der Waals surface area contributed by atoms with E-state index in [1.54, 1.807) is 18.1 Å². The van der Waals surface area contributed by atoms with Gasteiger partial charge in [0.2, 0.25) is 0 Å². The molecular weight excluding hydrogens is 450 g/mol. The first kappa shape index (κ1) is 20.5. The molecule has 0 aliphatic rings. The van der Waals surface area contributed by atoms with Gasteiger partial charge in [0.25, 0.3) is 11.2 Å². The number of rotatable bonds is 6. The molecule has 1 aromatic carbocycles. The van der Waals surface area contributed by atoms with Crippen LogP contribution in [0.2, 0.25) is 0 Å². The minimum absolute atomic E-state index is 0.0346. The highest BCUT2D eigenvalue weighted by Gasteiger charge is 2.23. The molecule has 15 heteroatoms. The molecule has 0 radical (unpaired) electrons. The lowest BCUT2D eigenvalue weighted by Crippen LogP contribution is -2.20. The van der Waals surface area contributed by atoms with Gasteiger partial charge in [-0.25, -0.2) is 13.1 Å². The number of anilines is 1. The summed E-state index contributed by atoms with van der Waals surface area (Å²) in [7, 11) is -2.12. The second-order valence-electron chi connectivity index (χ2n) is 6.54.